The Balaban J connectivity index is 1.56. The molecule has 0 atom stereocenters. The van der Waals surface area contributed by atoms with Crippen molar-refractivity contribution in [3.63, 3.8) is 0 Å². The number of halogens is 1. The SMILES string of the molecule is CCc1ccc(NC(=O)CCc2ncc(-c3ccccc3Cl)o2)cc1. The molecule has 0 radical (unpaired) electrons. The van der Waals surface area contributed by atoms with Crippen molar-refractivity contribution >= 4 is 23.2 Å². The molecule has 1 heterocycles. The molecule has 1 aromatic heterocycles. The maximum Gasteiger partial charge on any atom is 0.224 e. The maximum absolute atomic E-state index is 12.1. The van der Waals surface area contributed by atoms with E-state index < -0.39 is 0 Å². The summed E-state index contributed by atoms with van der Waals surface area (Å²) in [5, 5.41) is 3.49. The minimum Gasteiger partial charge on any atom is -0.441 e. The average molecular weight is 355 g/mol. The summed E-state index contributed by atoms with van der Waals surface area (Å²) in [6.07, 6.45) is 3.35. The second-order valence-corrected chi connectivity index (χ2v) is 6.10. The third-order valence-electron chi connectivity index (χ3n) is 3.90. The molecule has 3 aromatic rings. The first-order valence-corrected chi connectivity index (χ1v) is 8.62. The molecule has 0 aliphatic carbocycles. The van der Waals surface area contributed by atoms with Crippen molar-refractivity contribution in [1.29, 1.82) is 0 Å². The number of aryl methyl sites for hydroxylation is 2. The Bertz CT molecular complexity index is 856. The normalized spacial score (nSPS) is 10.6. The zero-order chi connectivity index (χ0) is 17.6. The van der Waals surface area contributed by atoms with Crippen LogP contribution in [0, 0.1) is 0 Å². The summed E-state index contributed by atoms with van der Waals surface area (Å²) in [4.78, 5) is 16.3. The van der Waals surface area contributed by atoms with E-state index >= 15 is 0 Å². The molecule has 1 amide bonds. The Labute approximate surface area is 151 Å². The number of nitrogens with one attached hydrogen (secondary N) is 1. The fourth-order valence-corrected chi connectivity index (χ4v) is 2.71. The second kappa shape index (κ2) is 7.99. The minimum absolute atomic E-state index is 0.0678. The van der Waals surface area contributed by atoms with Crippen LogP contribution in [-0.4, -0.2) is 10.9 Å². The van der Waals surface area contributed by atoms with Crippen LogP contribution in [0.4, 0.5) is 5.69 Å². The Morgan fingerprint density at radius 1 is 1.16 bits per heavy atom. The van der Waals surface area contributed by atoms with Crippen LogP contribution < -0.4 is 5.32 Å². The molecule has 128 valence electrons. The number of rotatable bonds is 6. The standard InChI is InChI=1S/C20H19ClN2O2/c1-2-14-7-9-15(10-8-14)23-19(24)11-12-20-22-13-18(25-20)16-5-3-4-6-17(16)21/h3-10,13H,2,11-12H2,1H3,(H,23,24). The lowest BCUT2D eigenvalue weighted by Crippen LogP contribution is -2.12. The number of nitrogens with zero attached hydrogens (tertiary/aromatic N) is 1. The Kier molecular flexibility index (Phi) is 5.51. The monoisotopic (exact) mass is 354 g/mol. The van der Waals surface area contributed by atoms with E-state index in [1.54, 1.807) is 12.3 Å². The summed E-state index contributed by atoms with van der Waals surface area (Å²) in [6, 6.07) is 15.3. The lowest BCUT2D eigenvalue weighted by Gasteiger charge is -2.05. The van der Waals surface area contributed by atoms with Crippen molar-refractivity contribution in [1.82, 2.24) is 4.98 Å². The van der Waals surface area contributed by atoms with Gasteiger partial charge in [-0.05, 0) is 36.2 Å². The summed E-state index contributed by atoms with van der Waals surface area (Å²) in [7, 11) is 0. The van der Waals surface area contributed by atoms with Crippen molar-refractivity contribution in [3.8, 4) is 11.3 Å². The zero-order valence-electron chi connectivity index (χ0n) is 14.0. The van der Waals surface area contributed by atoms with Crippen molar-refractivity contribution in [2.75, 3.05) is 5.32 Å². The Hall–Kier alpha value is -2.59. The van der Waals surface area contributed by atoms with Gasteiger partial charge in [0.25, 0.3) is 0 Å². The lowest BCUT2D eigenvalue weighted by atomic mass is 10.1. The number of carbonyl (C=O) groups excluding carboxylic acids is 1. The summed E-state index contributed by atoms with van der Waals surface area (Å²) in [6.45, 7) is 2.10. The highest BCUT2D eigenvalue weighted by Gasteiger charge is 2.11. The molecule has 5 heteroatoms. The third-order valence-corrected chi connectivity index (χ3v) is 4.23. The van der Waals surface area contributed by atoms with Gasteiger partial charge in [0.15, 0.2) is 11.7 Å². The predicted octanol–water partition coefficient (Wildman–Crippen LogP) is 5.13. The van der Waals surface area contributed by atoms with E-state index in [0.717, 1.165) is 17.7 Å². The molecular weight excluding hydrogens is 336 g/mol. The number of carbonyl (C=O) groups is 1. The van der Waals surface area contributed by atoms with Crippen LogP contribution in [0.1, 0.15) is 24.8 Å². The number of hydrogen-bond acceptors (Lipinski definition) is 3. The highest BCUT2D eigenvalue weighted by molar-refractivity contribution is 6.33. The first-order valence-electron chi connectivity index (χ1n) is 8.24. The molecule has 0 unspecified atom stereocenters. The van der Waals surface area contributed by atoms with Gasteiger partial charge in [0.05, 0.1) is 11.2 Å². The van der Waals surface area contributed by atoms with Crippen molar-refractivity contribution in [2.24, 2.45) is 0 Å². The lowest BCUT2D eigenvalue weighted by molar-refractivity contribution is -0.116. The molecule has 0 fully saturated rings. The quantitative estimate of drug-likeness (QED) is 0.667. The van der Waals surface area contributed by atoms with Crippen LogP contribution in [0.15, 0.2) is 59.1 Å². The number of benzene rings is 2. The van der Waals surface area contributed by atoms with E-state index in [2.05, 4.69) is 17.2 Å². The van der Waals surface area contributed by atoms with Gasteiger partial charge in [-0.2, -0.15) is 0 Å². The van der Waals surface area contributed by atoms with E-state index in [9.17, 15) is 4.79 Å². The van der Waals surface area contributed by atoms with Crippen LogP contribution in [0.25, 0.3) is 11.3 Å². The van der Waals surface area contributed by atoms with Crippen LogP contribution in [0.2, 0.25) is 5.02 Å². The van der Waals surface area contributed by atoms with E-state index in [4.69, 9.17) is 16.0 Å². The molecule has 3 rings (SSSR count). The topological polar surface area (TPSA) is 55.1 Å². The molecule has 25 heavy (non-hydrogen) atoms. The maximum atomic E-state index is 12.1. The Morgan fingerprint density at radius 2 is 1.92 bits per heavy atom. The minimum atomic E-state index is -0.0678. The van der Waals surface area contributed by atoms with Crippen LogP contribution in [0.3, 0.4) is 0 Å². The van der Waals surface area contributed by atoms with Crippen LogP contribution in [0.5, 0.6) is 0 Å². The molecule has 4 nitrogen and oxygen atoms in total. The van der Waals surface area contributed by atoms with E-state index in [1.807, 2.05) is 42.5 Å². The summed E-state index contributed by atoms with van der Waals surface area (Å²) in [5.74, 6) is 1.06. The second-order valence-electron chi connectivity index (χ2n) is 5.70. The van der Waals surface area contributed by atoms with Gasteiger partial charge < -0.3 is 9.73 Å². The fraction of sp³-hybridized carbons (Fsp3) is 0.200. The van der Waals surface area contributed by atoms with Crippen molar-refractivity contribution < 1.29 is 9.21 Å². The number of anilines is 1. The summed E-state index contributed by atoms with van der Waals surface area (Å²) in [5.41, 5.74) is 2.83. The van der Waals surface area contributed by atoms with Gasteiger partial charge in [0, 0.05) is 24.1 Å². The number of aromatic nitrogens is 1. The smallest absolute Gasteiger partial charge is 0.224 e. The predicted molar refractivity (Wildman–Crippen MR) is 99.7 cm³/mol. The molecular formula is C20H19ClN2O2. The summed E-state index contributed by atoms with van der Waals surface area (Å²) >= 11 is 6.16. The molecule has 0 spiro atoms. The zero-order valence-corrected chi connectivity index (χ0v) is 14.7. The van der Waals surface area contributed by atoms with Gasteiger partial charge in [-0.25, -0.2) is 4.98 Å². The summed E-state index contributed by atoms with van der Waals surface area (Å²) < 4.78 is 5.71. The number of oxazole rings is 1. The van der Waals surface area contributed by atoms with E-state index in [-0.39, 0.29) is 5.91 Å². The van der Waals surface area contributed by atoms with Gasteiger partial charge in [-0.15, -0.1) is 0 Å². The fourth-order valence-electron chi connectivity index (χ4n) is 2.48. The van der Waals surface area contributed by atoms with Gasteiger partial charge >= 0.3 is 0 Å². The van der Waals surface area contributed by atoms with E-state index in [1.165, 1.54) is 5.56 Å². The third kappa shape index (κ3) is 4.48. The largest absolute Gasteiger partial charge is 0.441 e. The first-order chi connectivity index (χ1) is 12.2. The van der Waals surface area contributed by atoms with Gasteiger partial charge in [0.1, 0.15) is 0 Å². The Morgan fingerprint density at radius 3 is 2.64 bits per heavy atom. The van der Waals surface area contributed by atoms with Gasteiger partial charge in [-0.3, -0.25) is 4.79 Å². The molecule has 1 N–H and O–H groups in total. The number of amides is 1. The van der Waals surface area contributed by atoms with Gasteiger partial charge in [0.2, 0.25) is 5.91 Å². The van der Waals surface area contributed by atoms with Crippen molar-refractivity contribution in [2.45, 2.75) is 26.2 Å². The molecule has 0 aliphatic heterocycles. The molecule has 0 saturated carbocycles. The average Bonchev–Trinajstić information content (AvgIpc) is 3.10. The molecule has 0 saturated heterocycles. The highest BCUT2D eigenvalue weighted by Crippen LogP contribution is 2.28. The highest BCUT2D eigenvalue weighted by atomic mass is 35.5. The van der Waals surface area contributed by atoms with E-state index in [0.29, 0.717) is 29.5 Å². The first kappa shape index (κ1) is 17.2. The molecule has 2 aromatic carbocycles. The van der Waals surface area contributed by atoms with Crippen molar-refractivity contribution in [3.05, 3.63) is 71.2 Å². The van der Waals surface area contributed by atoms with Crippen LogP contribution in [-0.2, 0) is 17.6 Å². The van der Waals surface area contributed by atoms with Gasteiger partial charge in [-0.1, -0.05) is 42.8 Å². The molecule has 0 aliphatic rings. The number of hydrogen-bond donors (Lipinski definition) is 1. The van der Waals surface area contributed by atoms with Crippen LogP contribution >= 0.6 is 11.6 Å². The molecule has 0 bridgehead atoms.